The van der Waals surface area contributed by atoms with Crippen molar-refractivity contribution in [3.05, 3.63) is 35.8 Å². The highest BCUT2D eigenvalue weighted by Crippen LogP contribution is 2.28. The number of halogens is 1. The molecule has 1 aromatic carbocycles. The number of hydrogen-bond acceptors (Lipinski definition) is 2. The molecular weight excluding hydrogens is 181 g/mol. The zero-order valence-corrected chi connectivity index (χ0v) is 7.59. The molecule has 2 heterocycles. The van der Waals surface area contributed by atoms with Gasteiger partial charge in [-0.1, -0.05) is 12.1 Å². The Kier molecular flexibility index (Phi) is 1.61. The molecular formula is C11H10FNO. The minimum Gasteiger partial charge on any atom is -0.458 e. The minimum atomic E-state index is -0.277. The second kappa shape index (κ2) is 2.82. The van der Waals surface area contributed by atoms with E-state index >= 15 is 0 Å². The molecule has 14 heavy (non-hydrogen) atoms. The van der Waals surface area contributed by atoms with E-state index in [2.05, 4.69) is 5.32 Å². The summed E-state index contributed by atoms with van der Waals surface area (Å²) in [6.07, 6.45) is 0. The molecule has 1 aromatic heterocycles. The lowest BCUT2D eigenvalue weighted by Crippen LogP contribution is -2.39. The summed E-state index contributed by atoms with van der Waals surface area (Å²) in [6.45, 7) is 1.86. The first-order valence-electron chi connectivity index (χ1n) is 4.73. The van der Waals surface area contributed by atoms with E-state index in [0.29, 0.717) is 11.5 Å². The molecule has 0 bridgehead atoms. The molecule has 0 unspecified atom stereocenters. The molecule has 3 heteroatoms. The number of furan rings is 1. The highest BCUT2D eigenvalue weighted by atomic mass is 19.1. The van der Waals surface area contributed by atoms with E-state index in [1.165, 1.54) is 6.07 Å². The van der Waals surface area contributed by atoms with Crippen molar-refractivity contribution in [1.82, 2.24) is 5.32 Å². The maximum Gasteiger partial charge on any atom is 0.169 e. The highest BCUT2D eigenvalue weighted by molar-refractivity contribution is 5.78. The maximum atomic E-state index is 13.3. The summed E-state index contributed by atoms with van der Waals surface area (Å²) in [7, 11) is 0. The second-order valence-corrected chi connectivity index (χ2v) is 3.66. The average molecular weight is 191 g/mol. The van der Waals surface area contributed by atoms with Crippen LogP contribution < -0.4 is 5.32 Å². The fraction of sp³-hybridized carbons (Fsp3) is 0.273. The lowest BCUT2D eigenvalue weighted by molar-refractivity contribution is 0.377. The number of nitrogens with one attached hydrogen (secondary N) is 1. The van der Waals surface area contributed by atoms with Crippen molar-refractivity contribution in [3.63, 3.8) is 0 Å². The van der Waals surface area contributed by atoms with Crippen LogP contribution in [0.4, 0.5) is 4.39 Å². The normalized spacial score (nSPS) is 17.2. The summed E-state index contributed by atoms with van der Waals surface area (Å²) in [5.74, 6) is 1.03. The lowest BCUT2D eigenvalue weighted by atomic mass is 10.0. The van der Waals surface area contributed by atoms with Crippen LogP contribution in [0.3, 0.4) is 0 Å². The van der Waals surface area contributed by atoms with Gasteiger partial charge < -0.3 is 9.73 Å². The van der Waals surface area contributed by atoms with Crippen LogP contribution in [0.15, 0.2) is 28.7 Å². The van der Waals surface area contributed by atoms with Gasteiger partial charge in [0.05, 0.1) is 0 Å². The third kappa shape index (κ3) is 1.06. The molecule has 0 radical (unpaired) electrons. The summed E-state index contributed by atoms with van der Waals surface area (Å²) >= 11 is 0. The van der Waals surface area contributed by atoms with Gasteiger partial charge in [-0.15, -0.1) is 0 Å². The first-order chi connectivity index (χ1) is 6.84. The Balaban J connectivity index is 2.15. The number of fused-ring (bicyclic) bond motifs is 1. The molecule has 1 N–H and O–H groups in total. The smallest absolute Gasteiger partial charge is 0.169 e. The van der Waals surface area contributed by atoms with Crippen LogP contribution in [0.25, 0.3) is 11.0 Å². The Hall–Kier alpha value is -1.35. The first-order valence-corrected chi connectivity index (χ1v) is 4.73. The highest BCUT2D eigenvalue weighted by Gasteiger charge is 2.23. The van der Waals surface area contributed by atoms with E-state index < -0.39 is 0 Å². The van der Waals surface area contributed by atoms with Gasteiger partial charge in [-0.3, -0.25) is 0 Å². The van der Waals surface area contributed by atoms with E-state index in [4.69, 9.17) is 4.42 Å². The third-order valence-corrected chi connectivity index (χ3v) is 2.70. The van der Waals surface area contributed by atoms with E-state index in [-0.39, 0.29) is 5.82 Å². The molecule has 0 aliphatic carbocycles. The summed E-state index contributed by atoms with van der Waals surface area (Å²) in [4.78, 5) is 0. The van der Waals surface area contributed by atoms with Crippen molar-refractivity contribution in [3.8, 4) is 0 Å². The van der Waals surface area contributed by atoms with Gasteiger partial charge in [0.25, 0.3) is 0 Å². The Morgan fingerprint density at radius 3 is 2.86 bits per heavy atom. The van der Waals surface area contributed by atoms with Crippen molar-refractivity contribution >= 4 is 11.0 Å². The molecule has 0 saturated carbocycles. The van der Waals surface area contributed by atoms with Crippen molar-refractivity contribution in [2.45, 2.75) is 5.92 Å². The van der Waals surface area contributed by atoms with Gasteiger partial charge >= 0.3 is 0 Å². The van der Waals surface area contributed by atoms with Crippen LogP contribution in [0.1, 0.15) is 11.7 Å². The van der Waals surface area contributed by atoms with Crippen molar-refractivity contribution in [1.29, 1.82) is 0 Å². The zero-order chi connectivity index (χ0) is 9.54. The summed E-state index contributed by atoms with van der Waals surface area (Å²) < 4.78 is 18.8. The zero-order valence-electron chi connectivity index (χ0n) is 7.59. The van der Waals surface area contributed by atoms with Gasteiger partial charge in [-0.25, -0.2) is 4.39 Å². The van der Waals surface area contributed by atoms with Crippen LogP contribution in [0.5, 0.6) is 0 Å². The fourth-order valence-corrected chi connectivity index (χ4v) is 1.74. The molecule has 1 fully saturated rings. The van der Waals surface area contributed by atoms with E-state index in [1.807, 2.05) is 12.1 Å². The number of rotatable bonds is 1. The monoisotopic (exact) mass is 191 g/mol. The Bertz CT molecular complexity index is 473. The van der Waals surface area contributed by atoms with Crippen LogP contribution in [0.2, 0.25) is 0 Å². The van der Waals surface area contributed by atoms with E-state index in [9.17, 15) is 4.39 Å². The lowest BCUT2D eigenvalue weighted by Gasteiger charge is -2.24. The summed E-state index contributed by atoms with van der Waals surface area (Å²) in [5, 5.41) is 4.02. The number of hydrogen-bond donors (Lipinski definition) is 1. The SMILES string of the molecule is Fc1cccc2cc(C3CNC3)oc12. The van der Waals surface area contributed by atoms with E-state index in [0.717, 1.165) is 24.2 Å². The maximum absolute atomic E-state index is 13.3. The van der Waals surface area contributed by atoms with Crippen molar-refractivity contribution in [2.24, 2.45) is 0 Å². The molecule has 0 amide bonds. The molecule has 2 aromatic rings. The van der Waals surface area contributed by atoms with Crippen molar-refractivity contribution in [2.75, 3.05) is 13.1 Å². The van der Waals surface area contributed by atoms with Gasteiger partial charge in [-0.2, -0.15) is 0 Å². The van der Waals surface area contributed by atoms with Gasteiger partial charge in [0, 0.05) is 24.4 Å². The Morgan fingerprint density at radius 2 is 2.21 bits per heavy atom. The summed E-state index contributed by atoms with van der Waals surface area (Å²) in [5.41, 5.74) is 0.384. The van der Waals surface area contributed by atoms with Crippen LogP contribution >= 0.6 is 0 Å². The predicted octanol–water partition coefficient (Wildman–Crippen LogP) is 2.26. The fourth-order valence-electron chi connectivity index (χ4n) is 1.74. The predicted molar refractivity (Wildman–Crippen MR) is 51.8 cm³/mol. The van der Waals surface area contributed by atoms with Gasteiger partial charge in [0.15, 0.2) is 11.4 Å². The molecule has 0 spiro atoms. The molecule has 2 nitrogen and oxygen atoms in total. The quantitative estimate of drug-likeness (QED) is 0.747. The minimum absolute atomic E-state index is 0.277. The summed E-state index contributed by atoms with van der Waals surface area (Å²) in [6, 6.07) is 6.94. The van der Waals surface area contributed by atoms with E-state index in [1.54, 1.807) is 6.07 Å². The number of benzene rings is 1. The van der Waals surface area contributed by atoms with Gasteiger partial charge in [0.1, 0.15) is 5.76 Å². The standard InChI is InChI=1S/C11H10FNO/c12-9-3-1-2-7-4-10(14-11(7)9)8-5-13-6-8/h1-4,8,13H,5-6H2. The third-order valence-electron chi connectivity index (χ3n) is 2.70. The molecule has 3 rings (SSSR count). The molecule has 0 atom stereocenters. The average Bonchev–Trinajstić information content (AvgIpc) is 2.46. The Labute approximate surface area is 80.7 Å². The van der Waals surface area contributed by atoms with Gasteiger partial charge in [0.2, 0.25) is 0 Å². The van der Waals surface area contributed by atoms with Crippen LogP contribution in [0, 0.1) is 5.82 Å². The van der Waals surface area contributed by atoms with Crippen LogP contribution in [-0.4, -0.2) is 13.1 Å². The van der Waals surface area contributed by atoms with Crippen molar-refractivity contribution < 1.29 is 8.81 Å². The molecule has 1 aliphatic rings. The van der Waals surface area contributed by atoms with Gasteiger partial charge in [-0.05, 0) is 12.1 Å². The first kappa shape index (κ1) is 8.00. The molecule has 72 valence electrons. The molecule has 1 aliphatic heterocycles. The topological polar surface area (TPSA) is 25.2 Å². The molecule has 1 saturated heterocycles. The number of para-hydroxylation sites is 1. The van der Waals surface area contributed by atoms with Crippen LogP contribution in [-0.2, 0) is 0 Å². The largest absolute Gasteiger partial charge is 0.458 e. The Morgan fingerprint density at radius 1 is 1.36 bits per heavy atom. The second-order valence-electron chi connectivity index (χ2n) is 3.66.